The number of methoxy groups -OCH3 is 1. The number of non-ortho nitro benzene ring substituents is 1. The smallest absolute Gasteiger partial charge is 0.300 e. The first-order valence-corrected chi connectivity index (χ1v) is 9.15. The number of benzene rings is 2. The summed E-state index contributed by atoms with van der Waals surface area (Å²) in [6.45, 7) is 0. The van der Waals surface area contributed by atoms with E-state index in [0.29, 0.717) is 11.4 Å². The average molecular weight is 420 g/mol. The van der Waals surface area contributed by atoms with Gasteiger partial charge in [0.15, 0.2) is 0 Å². The lowest BCUT2D eigenvalue weighted by Crippen LogP contribution is -2.29. The van der Waals surface area contributed by atoms with Crippen LogP contribution in [0.1, 0.15) is 17.4 Å². The van der Waals surface area contributed by atoms with Crippen LogP contribution in [0.25, 0.3) is 5.76 Å². The summed E-state index contributed by atoms with van der Waals surface area (Å²) in [6.07, 6.45) is 1.40. The normalized spacial score (nSPS) is 17.7. The lowest BCUT2D eigenvalue weighted by Gasteiger charge is -2.23. The number of hydrogen-bond donors (Lipinski definition) is 1. The van der Waals surface area contributed by atoms with Crippen molar-refractivity contribution in [2.24, 2.45) is 0 Å². The molecule has 0 bridgehead atoms. The summed E-state index contributed by atoms with van der Waals surface area (Å²) in [4.78, 5) is 37.4. The van der Waals surface area contributed by atoms with Crippen molar-refractivity contribution >= 4 is 28.8 Å². The molecule has 31 heavy (non-hydrogen) atoms. The number of aliphatic hydroxyl groups is 1. The van der Waals surface area contributed by atoms with Crippen LogP contribution in [0.15, 0.2) is 76.9 Å². The largest absolute Gasteiger partial charge is 0.507 e. The quantitative estimate of drug-likeness (QED) is 0.219. The molecule has 0 spiro atoms. The number of carbonyl (C=O) groups excluding carboxylic acids is 2. The van der Waals surface area contributed by atoms with E-state index in [2.05, 4.69) is 0 Å². The molecule has 0 aliphatic carbocycles. The molecule has 1 fully saturated rings. The van der Waals surface area contributed by atoms with E-state index in [1.165, 1.54) is 42.5 Å². The Kier molecular flexibility index (Phi) is 5.00. The van der Waals surface area contributed by atoms with Crippen molar-refractivity contribution in [1.29, 1.82) is 0 Å². The Labute approximate surface area is 175 Å². The number of Topliss-reactive ketones (excluding diaryl/α,β-unsaturated/α-hetero) is 1. The van der Waals surface area contributed by atoms with Crippen LogP contribution in [0.2, 0.25) is 0 Å². The molecule has 2 aromatic carbocycles. The van der Waals surface area contributed by atoms with Gasteiger partial charge >= 0.3 is 0 Å². The Morgan fingerprint density at radius 2 is 1.77 bits per heavy atom. The van der Waals surface area contributed by atoms with E-state index in [9.17, 15) is 24.8 Å². The third-order valence-corrected chi connectivity index (χ3v) is 4.96. The lowest BCUT2D eigenvalue weighted by atomic mass is 9.99. The van der Waals surface area contributed by atoms with Crippen LogP contribution in [-0.2, 0) is 9.59 Å². The van der Waals surface area contributed by atoms with Crippen LogP contribution >= 0.6 is 0 Å². The highest BCUT2D eigenvalue weighted by atomic mass is 16.6. The van der Waals surface area contributed by atoms with Crippen molar-refractivity contribution in [2.45, 2.75) is 6.04 Å². The van der Waals surface area contributed by atoms with E-state index in [1.807, 2.05) is 0 Å². The van der Waals surface area contributed by atoms with Crippen molar-refractivity contribution in [2.75, 3.05) is 12.0 Å². The van der Waals surface area contributed by atoms with E-state index in [0.717, 1.165) is 0 Å². The first kappa shape index (κ1) is 19.9. The van der Waals surface area contributed by atoms with Gasteiger partial charge in [0.1, 0.15) is 23.3 Å². The fraction of sp³-hybridized carbons (Fsp3) is 0.0909. The summed E-state index contributed by atoms with van der Waals surface area (Å²) >= 11 is 0. The number of amides is 1. The Hall–Kier alpha value is -4.40. The number of rotatable bonds is 5. The van der Waals surface area contributed by atoms with Crippen LogP contribution in [0.3, 0.4) is 0 Å². The van der Waals surface area contributed by atoms with Crippen molar-refractivity contribution in [3.8, 4) is 5.75 Å². The maximum atomic E-state index is 12.9. The van der Waals surface area contributed by atoms with Crippen molar-refractivity contribution in [3.63, 3.8) is 0 Å². The van der Waals surface area contributed by atoms with Gasteiger partial charge < -0.3 is 14.3 Å². The van der Waals surface area contributed by atoms with Crippen LogP contribution in [0, 0.1) is 10.1 Å². The van der Waals surface area contributed by atoms with Gasteiger partial charge in [-0.05, 0) is 48.5 Å². The van der Waals surface area contributed by atoms with E-state index in [1.54, 1.807) is 36.4 Å². The second-order valence-electron chi connectivity index (χ2n) is 6.69. The topological polar surface area (TPSA) is 123 Å². The lowest BCUT2D eigenvalue weighted by molar-refractivity contribution is -0.384. The van der Waals surface area contributed by atoms with Gasteiger partial charge in [0.2, 0.25) is 0 Å². The van der Waals surface area contributed by atoms with Gasteiger partial charge in [-0.1, -0.05) is 0 Å². The maximum absolute atomic E-state index is 12.9. The zero-order valence-electron chi connectivity index (χ0n) is 16.2. The van der Waals surface area contributed by atoms with Gasteiger partial charge in [0.25, 0.3) is 17.4 Å². The first-order chi connectivity index (χ1) is 14.9. The average Bonchev–Trinajstić information content (AvgIpc) is 3.40. The number of nitrogens with zero attached hydrogens (tertiary/aromatic N) is 2. The Balaban J connectivity index is 1.86. The fourth-order valence-corrected chi connectivity index (χ4v) is 3.45. The molecule has 1 saturated heterocycles. The highest BCUT2D eigenvalue weighted by molar-refractivity contribution is 6.51. The van der Waals surface area contributed by atoms with Gasteiger partial charge in [0.05, 0.1) is 23.9 Å². The zero-order chi connectivity index (χ0) is 22.1. The molecule has 1 aliphatic heterocycles. The third-order valence-electron chi connectivity index (χ3n) is 4.96. The fourth-order valence-electron chi connectivity index (χ4n) is 3.45. The van der Waals surface area contributed by atoms with Crippen LogP contribution in [0.5, 0.6) is 5.75 Å². The predicted molar refractivity (Wildman–Crippen MR) is 110 cm³/mol. The SMILES string of the molecule is COc1ccc(N2C(=O)C(=O)/C(=C(\O)c3ccc([N+](=O)[O-])cc3)C2c2ccco2)cc1. The minimum Gasteiger partial charge on any atom is -0.507 e. The van der Waals surface area contributed by atoms with Gasteiger partial charge in [-0.25, -0.2) is 0 Å². The van der Waals surface area contributed by atoms with Gasteiger partial charge in [-0.3, -0.25) is 24.6 Å². The minimum atomic E-state index is -1.02. The molecule has 0 saturated carbocycles. The van der Waals surface area contributed by atoms with E-state index < -0.39 is 28.4 Å². The van der Waals surface area contributed by atoms with Crippen LogP contribution < -0.4 is 9.64 Å². The summed E-state index contributed by atoms with van der Waals surface area (Å²) in [7, 11) is 1.51. The molecule has 1 aromatic heterocycles. The number of ether oxygens (including phenoxy) is 1. The Morgan fingerprint density at radius 3 is 2.32 bits per heavy atom. The number of furan rings is 1. The second kappa shape index (κ2) is 7.79. The molecule has 156 valence electrons. The molecule has 0 radical (unpaired) electrons. The summed E-state index contributed by atoms with van der Waals surface area (Å²) < 4.78 is 10.6. The standard InChI is InChI=1S/C22H16N2O7/c1-30-16-10-8-14(9-11-16)23-19(17-3-2-12-31-17)18(21(26)22(23)27)20(25)13-4-6-15(7-5-13)24(28)29/h2-12,19,25H,1H3/b20-18-. The van der Waals surface area contributed by atoms with Gasteiger partial charge in [0, 0.05) is 23.4 Å². The predicted octanol–water partition coefficient (Wildman–Crippen LogP) is 3.82. The van der Waals surface area contributed by atoms with E-state index >= 15 is 0 Å². The third kappa shape index (κ3) is 3.42. The molecule has 1 aliphatic rings. The summed E-state index contributed by atoms with van der Waals surface area (Å²) in [5.74, 6) is -1.34. The van der Waals surface area contributed by atoms with E-state index in [4.69, 9.17) is 9.15 Å². The Morgan fingerprint density at radius 1 is 1.10 bits per heavy atom. The number of anilines is 1. The molecule has 1 unspecified atom stereocenters. The first-order valence-electron chi connectivity index (χ1n) is 9.15. The Bertz CT molecular complexity index is 1180. The highest BCUT2D eigenvalue weighted by Crippen LogP contribution is 2.42. The molecular weight excluding hydrogens is 404 g/mol. The molecule has 2 heterocycles. The van der Waals surface area contributed by atoms with Crippen LogP contribution in [0.4, 0.5) is 11.4 Å². The summed E-state index contributed by atoms with van der Waals surface area (Å²) in [6, 6.07) is 13.7. The molecular formula is C22H16N2O7. The molecule has 4 rings (SSSR count). The van der Waals surface area contributed by atoms with E-state index in [-0.39, 0.29) is 22.6 Å². The van der Waals surface area contributed by atoms with Gasteiger partial charge in [-0.15, -0.1) is 0 Å². The molecule has 9 nitrogen and oxygen atoms in total. The zero-order valence-corrected chi connectivity index (χ0v) is 16.2. The van der Waals surface area contributed by atoms with Crippen molar-refractivity contribution < 1.29 is 28.8 Å². The molecule has 1 N–H and O–H groups in total. The minimum absolute atomic E-state index is 0.162. The second-order valence-corrected chi connectivity index (χ2v) is 6.69. The number of nitro benzene ring substituents is 1. The molecule has 1 amide bonds. The van der Waals surface area contributed by atoms with Crippen LogP contribution in [-0.4, -0.2) is 28.8 Å². The molecule has 9 heteroatoms. The summed E-state index contributed by atoms with van der Waals surface area (Å²) in [5.41, 5.74) is 0.226. The molecule has 3 aromatic rings. The van der Waals surface area contributed by atoms with Crippen molar-refractivity contribution in [1.82, 2.24) is 0 Å². The number of aliphatic hydroxyl groups excluding tert-OH is 1. The number of hydrogen-bond acceptors (Lipinski definition) is 7. The number of carbonyl (C=O) groups is 2. The molecule has 1 atom stereocenters. The summed E-state index contributed by atoms with van der Waals surface area (Å²) in [5, 5.41) is 21.8. The maximum Gasteiger partial charge on any atom is 0.300 e. The highest BCUT2D eigenvalue weighted by Gasteiger charge is 2.48. The monoisotopic (exact) mass is 420 g/mol. The van der Waals surface area contributed by atoms with Gasteiger partial charge in [-0.2, -0.15) is 0 Å². The van der Waals surface area contributed by atoms with Crippen molar-refractivity contribution in [3.05, 3.63) is 93.9 Å². The number of nitro groups is 1. The number of ketones is 1.